The number of alkyl halides is 1. The number of ether oxygens (including phenoxy) is 11. The fourth-order valence-corrected chi connectivity index (χ4v) is 3.04. The van der Waals surface area contributed by atoms with Gasteiger partial charge in [-0.05, 0) is 6.42 Å². The van der Waals surface area contributed by atoms with E-state index in [0.29, 0.717) is 139 Å². The molecule has 0 rings (SSSR count). The summed E-state index contributed by atoms with van der Waals surface area (Å²) in [4.78, 5) is 0. The molecule has 236 valence electrons. The highest BCUT2D eigenvalue weighted by Gasteiger charge is 1.96. The van der Waals surface area contributed by atoms with Crippen molar-refractivity contribution in [3.05, 3.63) is 0 Å². The fraction of sp³-hybridized carbons (Fsp3) is 1.00. The summed E-state index contributed by atoms with van der Waals surface area (Å²) in [5.74, 6) is 0. The van der Waals surface area contributed by atoms with Crippen molar-refractivity contribution in [1.82, 2.24) is 0 Å². The quantitative estimate of drug-likeness (QED) is 0.0751. The molecule has 0 saturated carbocycles. The van der Waals surface area contributed by atoms with E-state index in [1.54, 1.807) is 0 Å². The van der Waals surface area contributed by atoms with Gasteiger partial charge in [-0.3, -0.25) is 0 Å². The van der Waals surface area contributed by atoms with Gasteiger partial charge in [0.25, 0.3) is 0 Å². The maximum Gasteiger partial charge on any atom is 0.0701 e. The van der Waals surface area contributed by atoms with Gasteiger partial charge in [0, 0.05) is 11.9 Å². The molecule has 0 aromatic carbocycles. The molecule has 0 atom stereocenters. The zero-order chi connectivity index (χ0) is 28.2. The van der Waals surface area contributed by atoms with Gasteiger partial charge in [0.2, 0.25) is 0 Å². The Morgan fingerprint density at radius 3 is 0.692 bits per heavy atom. The molecule has 0 amide bonds. The van der Waals surface area contributed by atoms with Gasteiger partial charge in [-0.25, -0.2) is 0 Å². The lowest BCUT2D eigenvalue weighted by Gasteiger charge is -2.09. The number of halogens is 1. The molecule has 0 radical (unpaired) electrons. The Hall–Kier alpha value is 0.0400. The summed E-state index contributed by atoms with van der Waals surface area (Å²) in [5, 5.41) is 0.841. The van der Waals surface area contributed by atoms with Gasteiger partial charge in [-0.1, -0.05) is 35.7 Å². The Labute approximate surface area is 244 Å². The number of rotatable bonds is 36. The third-order valence-corrected chi connectivity index (χ3v) is 5.16. The molecule has 0 aliphatic rings. The van der Waals surface area contributed by atoms with Gasteiger partial charge in [0.15, 0.2) is 0 Å². The van der Waals surface area contributed by atoms with E-state index in [1.807, 2.05) is 0 Å². The van der Waals surface area contributed by atoms with Crippen molar-refractivity contribution >= 4 is 15.9 Å². The molecule has 0 N–H and O–H groups in total. The summed E-state index contributed by atoms with van der Waals surface area (Å²) >= 11 is 3.30. The molecule has 0 fully saturated rings. The van der Waals surface area contributed by atoms with Crippen LogP contribution in [0.2, 0.25) is 0 Å². The lowest BCUT2D eigenvalue weighted by Crippen LogP contribution is -2.15. The van der Waals surface area contributed by atoms with Gasteiger partial charge in [-0.2, -0.15) is 0 Å². The lowest BCUT2D eigenvalue weighted by atomic mass is 10.3. The Balaban J connectivity index is 3.01. The summed E-state index contributed by atoms with van der Waals surface area (Å²) < 4.78 is 59.8. The van der Waals surface area contributed by atoms with Crippen LogP contribution in [-0.4, -0.2) is 151 Å². The van der Waals surface area contributed by atoms with E-state index in [9.17, 15) is 0 Å². The minimum absolute atomic E-state index is 0.525. The largest absolute Gasteiger partial charge is 0.379 e. The molecule has 39 heavy (non-hydrogen) atoms. The van der Waals surface area contributed by atoms with E-state index in [4.69, 9.17) is 52.1 Å². The topological polar surface area (TPSA) is 102 Å². The zero-order valence-electron chi connectivity index (χ0n) is 24.3. The molecular weight excluding hydrogens is 580 g/mol. The highest BCUT2D eigenvalue weighted by Crippen LogP contribution is 1.94. The second-order valence-electron chi connectivity index (χ2n) is 8.13. The van der Waals surface area contributed by atoms with Gasteiger partial charge < -0.3 is 52.1 Å². The molecule has 0 aromatic rings. The van der Waals surface area contributed by atoms with E-state index < -0.39 is 0 Å². The standard InChI is InChI=1S/C27H55BrO11/c1-2-3-4-6-29-8-10-31-12-14-33-16-18-35-20-22-37-24-26-39-27-25-38-23-21-36-19-17-34-15-13-32-11-9-30-7-5-28/h2-27H2,1H3. The Morgan fingerprint density at radius 2 is 0.487 bits per heavy atom. The SMILES string of the molecule is CCCCCOCCOCCOCCOCCOCCOCCOCCOCCOCCOCCOCCBr. The van der Waals surface area contributed by atoms with Gasteiger partial charge in [0.05, 0.1) is 139 Å². The van der Waals surface area contributed by atoms with Crippen LogP contribution < -0.4 is 0 Å². The molecule has 0 saturated heterocycles. The van der Waals surface area contributed by atoms with Gasteiger partial charge in [-0.15, -0.1) is 0 Å². The minimum atomic E-state index is 0.525. The lowest BCUT2D eigenvalue weighted by molar-refractivity contribution is -0.0274. The smallest absolute Gasteiger partial charge is 0.0701 e. The summed E-state index contributed by atoms with van der Waals surface area (Å²) in [6.07, 6.45) is 3.55. The van der Waals surface area contributed by atoms with E-state index in [1.165, 1.54) is 12.8 Å². The van der Waals surface area contributed by atoms with E-state index in [-0.39, 0.29) is 0 Å². The molecule has 0 spiro atoms. The highest BCUT2D eigenvalue weighted by atomic mass is 79.9. The molecule has 11 nitrogen and oxygen atoms in total. The van der Waals surface area contributed by atoms with Gasteiger partial charge in [0.1, 0.15) is 0 Å². The number of hydrogen-bond donors (Lipinski definition) is 0. The molecule has 0 unspecified atom stereocenters. The van der Waals surface area contributed by atoms with Crippen LogP contribution in [-0.2, 0) is 52.1 Å². The first-order valence-corrected chi connectivity index (χ1v) is 15.4. The summed E-state index contributed by atoms with van der Waals surface area (Å²) in [6, 6.07) is 0. The molecule has 0 heterocycles. The molecule has 0 bridgehead atoms. The Kier molecular flexibility index (Phi) is 38.1. The maximum atomic E-state index is 5.48. The predicted octanol–water partition coefficient (Wildman–Crippen LogP) is 2.75. The Bertz CT molecular complexity index is 389. The van der Waals surface area contributed by atoms with Crippen molar-refractivity contribution in [3.63, 3.8) is 0 Å². The average Bonchev–Trinajstić information content (AvgIpc) is 2.95. The highest BCUT2D eigenvalue weighted by molar-refractivity contribution is 9.09. The van der Waals surface area contributed by atoms with Crippen molar-refractivity contribution in [2.75, 3.05) is 151 Å². The van der Waals surface area contributed by atoms with Crippen LogP contribution in [0.25, 0.3) is 0 Å². The van der Waals surface area contributed by atoms with Crippen LogP contribution in [0.3, 0.4) is 0 Å². The average molecular weight is 636 g/mol. The van der Waals surface area contributed by atoms with Crippen molar-refractivity contribution < 1.29 is 52.1 Å². The third-order valence-electron chi connectivity index (χ3n) is 4.83. The molecular formula is C27H55BrO11. The van der Waals surface area contributed by atoms with Crippen LogP contribution in [0.1, 0.15) is 26.2 Å². The maximum absolute atomic E-state index is 5.48. The van der Waals surface area contributed by atoms with E-state index >= 15 is 0 Å². The normalized spacial score (nSPS) is 11.5. The van der Waals surface area contributed by atoms with Crippen molar-refractivity contribution in [3.8, 4) is 0 Å². The Morgan fingerprint density at radius 1 is 0.282 bits per heavy atom. The third kappa shape index (κ3) is 38.0. The van der Waals surface area contributed by atoms with E-state index in [2.05, 4.69) is 22.9 Å². The monoisotopic (exact) mass is 634 g/mol. The fourth-order valence-electron chi connectivity index (χ4n) is 2.81. The summed E-state index contributed by atoms with van der Waals surface area (Å²) in [7, 11) is 0. The van der Waals surface area contributed by atoms with Crippen LogP contribution >= 0.6 is 15.9 Å². The van der Waals surface area contributed by atoms with Crippen LogP contribution in [0, 0.1) is 0 Å². The van der Waals surface area contributed by atoms with E-state index in [0.717, 1.165) is 18.4 Å². The van der Waals surface area contributed by atoms with Crippen molar-refractivity contribution in [1.29, 1.82) is 0 Å². The summed E-state index contributed by atoms with van der Waals surface area (Å²) in [6.45, 7) is 14.8. The van der Waals surface area contributed by atoms with Crippen LogP contribution in [0.5, 0.6) is 0 Å². The zero-order valence-corrected chi connectivity index (χ0v) is 25.8. The first-order valence-electron chi connectivity index (χ1n) is 14.3. The molecule has 0 aliphatic heterocycles. The predicted molar refractivity (Wildman–Crippen MR) is 152 cm³/mol. The molecule has 0 aromatic heterocycles. The minimum Gasteiger partial charge on any atom is -0.379 e. The number of hydrogen-bond acceptors (Lipinski definition) is 11. The molecule has 12 heteroatoms. The van der Waals surface area contributed by atoms with Crippen molar-refractivity contribution in [2.45, 2.75) is 26.2 Å². The van der Waals surface area contributed by atoms with Gasteiger partial charge >= 0.3 is 0 Å². The summed E-state index contributed by atoms with van der Waals surface area (Å²) in [5.41, 5.74) is 0. The first kappa shape index (κ1) is 39.0. The van der Waals surface area contributed by atoms with Crippen molar-refractivity contribution in [2.24, 2.45) is 0 Å². The first-order chi connectivity index (χ1) is 19.4. The molecule has 0 aliphatic carbocycles. The number of unbranched alkanes of at least 4 members (excludes halogenated alkanes) is 2. The van der Waals surface area contributed by atoms with Crippen LogP contribution in [0.15, 0.2) is 0 Å². The second-order valence-corrected chi connectivity index (χ2v) is 8.93. The van der Waals surface area contributed by atoms with Crippen LogP contribution in [0.4, 0.5) is 0 Å². The second kappa shape index (κ2) is 38.0.